The molecule has 0 aromatic heterocycles. The molecule has 1 radical (unpaired) electrons. The van der Waals surface area contributed by atoms with Crippen LogP contribution in [0.25, 0.3) is 0 Å². The highest BCUT2D eigenvalue weighted by Crippen LogP contribution is 2.32. The van der Waals surface area contributed by atoms with E-state index in [4.69, 9.17) is 4.74 Å². The number of benzene rings is 1. The van der Waals surface area contributed by atoms with Crippen molar-refractivity contribution in [2.45, 2.75) is 5.44 Å². The minimum atomic E-state index is -4.29. The zero-order valence-corrected chi connectivity index (χ0v) is 9.14. The van der Waals surface area contributed by atoms with Gasteiger partial charge in [0.15, 0.2) is 11.5 Å². The molecule has 4 N–H and O–H groups in total. The summed E-state index contributed by atoms with van der Waals surface area (Å²) >= 11 is 0. The number of aromatic hydroxyl groups is 1. The van der Waals surface area contributed by atoms with Crippen molar-refractivity contribution in [3.8, 4) is 11.5 Å². The molecule has 0 aliphatic heterocycles. The van der Waals surface area contributed by atoms with Gasteiger partial charge in [0.05, 0.1) is 11.7 Å². The Kier molecular flexibility index (Phi) is 3.83. The average Bonchev–Trinajstić information content (AvgIpc) is 2.28. The first-order chi connectivity index (χ1) is 7.42. The maximum atomic E-state index is 11.1. The van der Waals surface area contributed by atoms with Crippen molar-refractivity contribution in [1.82, 2.24) is 0 Å². The van der Waals surface area contributed by atoms with Crippen LogP contribution in [0.3, 0.4) is 0 Å². The van der Waals surface area contributed by atoms with Gasteiger partial charge < -0.3 is 14.9 Å². The first-order valence-corrected chi connectivity index (χ1v) is 5.56. The molecule has 1 rings (SSSR count). The molecule has 1 aromatic carbocycles. The van der Waals surface area contributed by atoms with Crippen LogP contribution in [0.15, 0.2) is 18.2 Å². The summed E-state index contributed by atoms with van der Waals surface area (Å²) in [6.07, 6.45) is 0. The summed E-state index contributed by atoms with van der Waals surface area (Å²) in [5, 5.41) is 18.7. The average molecular weight is 249 g/mol. The molecule has 0 spiro atoms. The first kappa shape index (κ1) is 12.9. The smallest absolute Gasteiger partial charge is 0.447 e. The molecular formula is C8H11NO6S+. The third-order valence-corrected chi connectivity index (χ3v) is 2.98. The van der Waals surface area contributed by atoms with Crippen LogP contribution in [-0.4, -0.2) is 17.3 Å². The van der Waals surface area contributed by atoms with Gasteiger partial charge in [-0.3, -0.25) is 0 Å². The zero-order chi connectivity index (χ0) is 12.3. The molecule has 0 saturated heterocycles. The molecule has 1 aromatic rings. The monoisotopic (exact) mass is 249 g/mol. The predicted octanol–water partition coefficient (Wildman–Crippen LogP) is 0.0420. The molecule has 2 atom stereocenters. The molecule has 0 amide bonds. The van der Waals surface area contributed by atoms with E-state index in [1.165, 1.54) is 19.2 Å². The van der Waals surface area contributed by atoms with E-state index >= 15 is 0 Å². The van der Waals surface area contributed by atoms with Gasteiger partial charge in [0.2, 0.25) is 0 Å². The van der Waals surface area contributed by atoms with Crippen LogP contribution in [0.4, 0.5) is 0 Å². The molecule has 0 fully saturated rings. The Hall–Kier alpha value is -1.19. The Balaban J connectivity index is 3.10. The van der Waals surface area contributed by atoms with Gasteiger partial charge in [-0.1, -0.05) is 0 Å². The van der Waals surface area contributed by atoms with Gasteiger partial charge in [0.1, 0.15) is 0 Å². The van der Waals surface area contributed by atoms with Gasteiger partial charge in [-0.2, -0.15) is 5.90 Å². The van der Waals surface area contributed by atoms with Gasteiger partial charge in [-0.15, -0.1) is 0 Å². The molecule has 89 valence electrons. The highest BCUT2D eigenvalue weighted by atomic mass is 32.3. The lowest BCUT2D eigenvalue weighted by atomic mass is 10.2. The summed E-state index contributed by atoms with van der Waals surface area (Å²) in [5.74, 6) is 4.37. The number of aliphatic hydroxyl groups is 1. The molecule has 0 heterocycles. The Morgan fingerprint density at radius 3 is 2.62 bits per heavy atom. The maximum Gasteiger partial charge on any atom is 0.447 e. The Labute approximate surface area is 92.8 Å². The van der Waals surface area contributed by atoms with Crippen LogP contribution in [0, 0.1) is 0 Å². The van der Waals surface area contributed by atoms with E-state index < -0.39 is 15.9 Å². The minimum absolute atomic E-state index is 0.0277. The third kappa shape index (κ3) is 2.49. The van der Waals surface area contributed by atoms with Crippen molar-refractivity contribution in [3.05, 3.63) is 23.8 Å². The Bertz CT molecular complexity index is 423. The van der Waals surface area contributed by atoms with E-state index in [2.05, 4.69) is 10.2 Å². The molecular weight excluding hydrogens is 238 g/mol. The summed E-state index contributed by atoms with van der Waals surface area (Å²) in [6, 6.07) is 3.55. The highest BCUT2D eigenvalue weighted by Gasteiger charge is 2.43. The summed E-state index contributed by atoms with van der Waals surface area (Å²) in [6.45, 7) is 0. The molecule has 2 unspecified atom stereocenters. The number of hydrogen-bond acceptors (Lipinski definition) is 6. The van der Waals surface area contributed by atoms with E-state index in [-0.39, 0.29) is 17.1 Å². The zero-order valence-electron chi connectivity index (χ0n) is 8.32. The van der Waals surface area contributed by atoms with Crippen molar-refractivity contribution >= 4 is 10.5 Å². The maximum absolute atomic E-state index is 11.1. The van der Waals surface area contributed by atoms with Gasteiger partial charge in [0.25, 0.3) is 0 Å². The Morgan fingerprint density at radius 2 is 2.12 bits per heavy atom. The first-order valence-electron chi connectivity index (χ1n) is 4.09. The second kappa shape index (κ2) is 4.76. The minimum Gasteiger partial charge on any atom is -0.504 e. The van der Waals surface area contributed by atoms with Crippen LogP contribution >= 0.6 is 0 Å². The van der Waals surface area contributed by atoms with E-state index in [1.807, 2.05) is 0 Å². The van der Waals surface area contributed by atoms with Crippen LogP contribution in [-0.2, 0) is 23.5 Å². The summed E-state index contributed by atoms with van der Waals surface area (Å²) < 4.78 is 30.6. The highest BCUT2D eigenvalue weighted by molar-refractivity contribution is 7.92. The van der Waals surface area contributed by atoms with Crippen LogP contribution in [0.1, 0.15) is 11.0 Å². The lowest BCUT2D eigenvalue weighted by Gasteiger charge is -2.08. The fourth-order valence-electron chi connectivity index (χ4n) is 1.07. The van der Waals surface area contributed by atoms with Gasteiger partial charge in [0, 0.05) is 5.56 Å². The lowest BCUT2D eigenvalue weighted by molar-refractivity contribution is 0.175. The van der Waals surface area contributed by atoms with Crippen molar-refractivity contribution in [3.63, 3.8) is 0 Å². The largest absolute Gasteiger partial charge is 0.504 e. The molecule has 16 heavy (non-hydrogen) atoms. The normalized spacial score (nSPS) is 16.5. The molecule has 0 bridgehead atoms. The van der Waals surface area contributed by atoms with Gasteiger partial charge in [-0.25, -0.2) is 0 Å². The summed E-state index contributed by atoms with van der Waals surface area (Å²) in [4.78, 5) is 0. The molecule has 0 saturated carbocycles. The number of hydrogen-bond donors (Lipinski definition) is 3. The second-order valence-electron chi connectivity index (χ2n) is 2.87. The van der Waals surface area contributed by atoms with Crippen molar-refractivity contribution in [2.75, 3.05) is 7.11 Å². The van der Waals surface area contributed by atoms with E-state index in [9.17, 15) is 19.0 Å². The predicted molar refractivity (Wildman–Crippen MR) is 53.6 cm³/mol. The lowest BCUT2D eigenvalue weighted by Crippen LogP contribution is -2.24. The van der Waals surface area contributed by atoms with Crippen LogP contribution < -0.4 is 10.6 Å². The molecule has 0 aliphatic rings. The fraction of sp³-hybridized carbons (Fsp3) is 0.250. The van der Waals surface area contributed by atoms with Crippen molar-refractivity contribution in [1.29, 1.82) is 0 Å². The number of phenolic OH excluding ortho intramolecular Hbond substituents is 1. The van der Waals surface area contributed by atoms with Crippen LogP contribution in [0.2, 0.25) is 0 Å². The number of ether oxygens (including phenoxy) is 1. The molecule has 8 heteroatoms. The summed E-state index contributed by atoms with van der Waals surface area (Å²) in [5.41, 5.74) is -1.97. The second-order valence-corrected chi connectivity index (χ2v) is 4.50. The third-order valence-electron chi connectivity index (χ3n) is 1.90. The quantitative estimate of drug-likeness (QED) is 0.511. The standard InChI is InChI=1S/C8H11NO6S/c1-14-7-4-5(2-3-6(7)10)8(11)16(12,13)15-9/h2-4,8,10-11H,9H2,1H3/q+1. The van der Waals surface area contributed by atoms with Gasteiger partial charge in [-0.05, 0) is 26.7 Å². The number of methoxy groups -OCH3 is 1. The van der Waals surface area contributed by atoms with Crippen molar-refractivity contribution < 1.29 is 28.0 Å². The SMILES string of the molecule is COc1cc(C(O)[S+]([O])(=O)ON)ccc1O. The molecule has 7 nitrogen and oxygen atoms in total. The van der Waals surface area contributed by atoms with Crippen molar-refractivity contribution in [2.24, 2.45) is 5.90 Å². The fourth-order valence-corrected chi connectivity index (χ4v) is 1.65. The van der Waals surface area contributed by atoms with E-state index in [0.29, 0.717) is 0 Å². The number of phenols is 1. The van der Waals surface area contributed by atoms with Crippen LogP contribution in [0.5, 0.6) is 11.5 Å². The molecule has 0 aliphatic carbocycles. The van der Waals surface area contributed by atoms with E-state index in [0.717, 1.165) is 6.07 Å². The van der Waals surface area contributed by atoms with Gasteiger partial charge >= 0.3 is 15.9 Å². The number of nitrogens with two attached hydrogens (primary N) is 1. The topological polar surface area (TPSA) is 122 Å². The van der Waals surface area contributed by atoms with E-state index in [1.54, 1.807) is 0 Å². The summed E-state index contributed by atoms with van der Waals surface area (Å²) in [7, 11) is -3.00. The number of aliphatic hydroxyl groups excluding tert-OH is 1. The number of rotatable bonds is 4. The Morgan fingerprint density at radius 1 is 1.50 bits per heavy atom.